The summed E-state index contributed by atoms with van der Waals surface area (Å²) in [5.74, 6) is -0.775. The normalized spacial score (nSPS) is 11.8. The lowest BCUT2D eigenvalue weighted by molar-refractivity contribution is 0.0952. The molecule has 1 aromatic heterocycles. The van der Waals surface area contributed by atoms with Crippen LogP contribution in [0.25, 0.3) is 0 Å². The lowest BCUT2D eigenvalue weighted by Gasteiger charge is -2.16. The molecular formula is C15H14ClFN2O3. The number of nitrogens with one attached hydrogen (secondary N) is 2. The van der Waals surface area contributed by atoms with Gasteiger partial charge in [0.05, 0.1) is 5.69 Å². The van der Waals surface area contributed by atoms with E-state index in [9.17, 15) is 14.0 Å². The average molecular weight is 325 g/mol. The highest BCUT2D eigenvalue weighted by molar-refractivity contribution is 6.30. The highest BCUT2D eigenvalue weighted by Crippen LogP contribution is 2.28. The topological polar surface area (TPSA) is 71.2 Å². The molecule has 7 heteroatoms. The predicted octanol–water partition coefficient (Wildman–Crippen LogP) is 3.12. The van der Waals surface area contributed by atoms with Crippen molar-refractivity contribution in [3.05, 3.63) is 52.1 Å². The van der Waals surface area contributed by atoms with Crippen molar-refractivity contribution in [2.45, 2.75) is 13.0 Å². The molecule has 2 rings (SSSR count). The Kier molecular flexibility index (Phi) is 4.82. The Hall–Kier alpha value is -2.34. The van der Waals surface area contributed by atoms with Gasteiger partial charge in [-0.25, -0.2) is 4.39 Å². The van der Waals surface area contributed by atoms with Crippen LogP contribution >= 0.6 is 11.6 Å². The Labute approximate surface area is 131 Å². The molecule has 0 spiro atoms. The fraction of sp³-hybridized carbons (Fsp3) is 0.200. The summed E-state index contributed by atoms with van der Waals surface area (Å²) < 4.78 is 19.5. The molecule has 1 unspecified atom stereocenters. The van der Waals surface area contributed by atoms with Crippen molar-refractivity contribution in [1.29, 1.82) is 0 Å². The van der Waals surface area contributed by atoms with Gasteiger partial charge in [0.2, 0.25) is 0 Å². The van der Waals surface area contributed by atoms with Crippen LogP contribution in [0.15, 0.2) is 24.3 Å². The Balaban J connectivity index is 2.31. The van der Waals surface area contributed by atoms with Crippen LogP contribution in [-0.2, 0) is 0 Å². The van der Waals surface area contributed by atoms with E-state index in [1.165, 1.54) is 25.2 Å². The summed E-state index contributed by atoms with van der Waals surface area (Å²) in [6.07, 6.45) is -0.108. The highest BCUT2D eigenvalue weighted by Gasteiger charge is 2.20. The summed E-state index contributed by atoms with van der Waals surface area (Å²) in [5, 5.41) is 2.72. The van der Waals surface area contributed by atoms with E-state index in [0.717, 1.165) is 0 Å². The number of aldehydes is 1. The first-order valence-electron chi connectivity index (χ1n) is 6.48. The van der Waals surface area contributed by atoms with Gasteiger partial charge in [0.15, 0.2) is 12.0 Å². The fourth-order valence-corrected chi connectivity index (χ4v) is 2.15. The molecule has 0 aliphatic heterocycles. The van der Waals surface area contributed by atoms with Gasteiger partial charge < -0.3 is 15.0 Å². The van der Waals surface area contributed by atoms with Crippen molar-refractivity contribution >= 4 is 23.8 Å². The third kappa shape index (κ3) is 3.28. The number of carbonyl (C=O) groups excluding carboxylic acids is 2. The molecule has 2 N–H and O–H groups in total. The van der Waals surface area contributed by atoms with Gasteiger partial charge in [-0.05, 0) is 19.1 Å². The van der Waals surface area contributed by atoms with Crippen LogP contribution in [0.4, 0.5) is 4.39 Å². The molecular weight excluding hydrogens is 311 g/mol. The van der Waals surface area contributed by atoms with Crippen LogP contribution in [0.5, 0.6) is 5.75 Å². The lowest BCUT2D eigenvalue weighted by atomic mass is 10.1. The number of aromatic nitrogens is 1. The minimum absolute atomic E-state index is 0.103. The summed E-state index contributed by atoms with van der Waals surface area (Å²) in [6.45, 7) is 1.63. The Morgan fingerprint density at radius 3 is 2.77 bits per heavy atom. The third-order valence-corrected chi connectivity index (χ3v) is 3.32. The quantitative estimate of drug-likeness (QED) is 0.830. The first kappa shape index (κ1) is 16.0. The van der Waals surface area contributed by atoms with Crippen LogP contribution in [-0.4, -0.2) is 24.2 Å². The predicted molar refractivity (Wildman–Crippen MR) is 80.0 cm³/mol. The molecule has 5 nitrogen and oxygen atoms in total. The van der Waals surface area contributed by atoms with Crippen molar-refractivity contribution in [2.75, 3.05) is 7.05 Å². The van der Waals surface area contributed by atoms with Crippen LogP contribution in [0.1, 0.15) is 39.6 Å². The zero-order chi connectivity index (χ0) is 16.3. The summed E-state index contributed by atoms with van der Waals surface area (Å²) >= 11 is 5.71. The Bertz CT molecular complexity index is 715. The van der Waals surface area contributed by atoms with Crippen molar-refractivity contribution in [3.8, 4) is 5.75 Å². The number of ether oxygens (including phenoxy) is 1. The molecule has 0 aliphatic carbocycles. The van der Waals surface area contributed by atoms with Crippen LogP contribution in [0.2, 0.25) is 5.02 Å². The molecule has 0 fully saturated rings. The van der Waals surface area contributed by atoms with Gasteiger partial charge in [-0.3, -0.25) is 9.59 Å². The zero-order valence-corrected chi connectivity index (χ0v) is 12.7. The molecule has 1 amide bonds. The molecule has 0 radical (unpaired) electrons. The van der Waals surface area contributed by atoms with Crippen molar-refractivity contribution in [2.24, 2.45) is 0 Å². The molecule has 0 aliphatic rings. The minimum Gasteiger partial charge on any atom is -0.483 e. The first-order chi connectivity index (χ1) is 10.5. The van der Waals surface area contributed by atoms with E-state index in [1.54, 1.807) is 13.0 Å². The van der Waals surface area contributed by atoms with Gasteiger partial charge in [-0.15, -0.1) is 0 Å². The van der Waals surface area contributed by atoms with Crippen molar-refractivity contribution in [1.82, 2.24) is 10.3 Å². The van der Waals surface area contributed by atoms with Crippen molar-refractivity contribution < 1.29 is 18.7 Å². The Morgan fingerprint density at radius 2 is 2.18 bits per heavy atom. The van der Waals surface area contributed by atoms with Gasteiger partial charge in [-0.1, -0.05) is 17.7 Å². The zero-order valence-electron chi connectivity index (χ0n) is 11.9. The van der Waals surface area contributed by atoms with Crippen LogP contribution < -0.4 is 10.1 Å². The molecule has 1 heterocycles. The lowest BCUT2D eigenvalue weighted by Crippen LogP contribution is -2.19. The number of rotatable bonds is 5. The maximum atomic E-state index is 13.9. The van der Waals surface area contributed by atoms with E-state index in [4.69, 9.17) is 16.3 Å². The van der Waals surface area contributed by atoms with Crippen LogP contribution in [0, 0.1) is 5.82 Å². The molecule has 0 bridgehead atoms. The molecule has 1 aromatic carbocycles. The standard InChI is InChI=1S/C15H14ClFN2O3/c1-8(11-4-3-9(16)5-12(11)17)22-13-6-10(7-20)19-14(13)15(21)18-2/h3-8,19H,1-2H3,(H,18,21). The molecule has 0 saturated heterocycles. The summed E-state index contributed by atoms with van der Waals surface area (Å²) in [4.78, 5) is 25.2. The summed E-state index contributed by atoms with van der Waals surface area (Å²) in [6, 6.07) is 5.63. The van der Waals surface area contributed by atoms with E-state index in [2.05, 4.69) is 10.3 Å². The van der Waals surface area contributed by atoms with Gasteiger partial charge in [-0.2, -0.15) is 0 Å². The SMILES string of the molecule is CNC(=O)c1[nH]c(C=O)cc1OC(C)c1ccc(Cl)cc1F. The molecule has 22 heavy (non-hydrogen) atoms. The molecule has 1 atom stereocenters. The number of hydrogen-bond acceptors (Lipinski definition) is 3. The number of aromatic amines is 1. The van der Waals surface area contributed by atoms with E-state index in [1.807, 2.05) is 0 Å². The third-order valence-electron chi connectivity index (χ3n) is 3.09. The second kappa shape index (κ2) is 6.62. The van der Waals surface area contributed by atoms with Gasteiger partial charge in [0, 0.05) is 23.7 Å². The van der Waals surface area contributed by atoms with Gasteiger partial charge in [0.25, 0.3) is 5.91 Å². The van der Waals surface area contributed by atoms with Gasteiger partial charge in [0.1, 0.15) is 17.6 Å². The number of benzene rings is 1. The Morgan fingerprint density at radius 1 is 1.45 bits per heavy atom. The smallest absolute Gasteiger partial charge is 0.271 e. The van der Waals surface area contributed by atoms with E-state index in [0.29, 0.717) is 11.8 Å². The summed E-state index contributed by atoms with van der Waals surface area (Å²) in [5.41, 5.74) is 0.587. The molecule has 2 aromatic rings. The monoisotopic (exact) mass is 324 g/mol. The number of halogens is 2. The number of carbonyl (C=O) groups is 2. The summed E-state index contributed by atoms with van der Waals surface area (Å²) in [7, 11) is 1.45. The van der Waals surface area contributed by atoms with E-state index in [-0.39, 0.29) is 22.2 Å². The van der Waals surface area contributed by atoms with Crippen LogP contribution in [0.3, 0.4) is 0 Å². The van der Waals surface area contributed by atoms with E-state index >= 15 is 0 Å². The average Bonchev–Trinajstić information content (AvgIpc) is 2.89. The second-order valence-corrected chi connectivity index (χ2v) is 5.02. The second-order valence-electron chi connectivity index (χ2n) is 4.59. The minimum atomic E-state index is -0.670. The van der Waals surface area contributed by atoms with Crippen molar-refractivity contribution in [3.63, 3.8) is 0 Å². The number of hydrogen-bond donors (Lipinski definition) is 2. The largest absolute Gasteiger partial charge is 0.483 e. The number of amides is 1. The first-order valence-corrected chi connectivity index (χ1v) is 6.86. The maximum absolute atomic E-state index is 13.9. The number of H-pyrrole nitrogens is 1. The maximum Gasteiger partial charge on any atom is 0.271 e. The molecule has 116 valence electrons. The highest BCUT2D eigenvalue weighted by atomic mass is 35.5. The van der Waals surface area contributed by atoms with E-state index < -0.39 is 17.8 Å². The van der Waals surface area contributed by atoms with Gasteiger partial charge >= 0.3 is 0 Å². The molecule has 0 saturated carbocycles. The fourth-order valence-electron chi connectivity index (χ4n) is 1.99.